The summed E-state index contributed by atoms with van der Waals surface area (Å²) in [5, 5.41) is 0. The fraction of sp³-hybridized carbons (Fsp3) is 0. The lowest BCUT2D eigenvalue weighted by Gasteiger charge is -2.10. The average Bonchev–Trinajstić information content (AvgIpc) is 2.48. The highest BCUT2D eigenvalue weighted by molar-refractivity contribution is 7.92. The van der Waals surface area contributed by atoms with Gasteiger partial charge in [-0.2, -0.15) is 0 Å². The van der Waals surface area contributed by atoms with E-state index < -0.39 is 10.0 Å². The van der Waals surface area contributed by atoms with Crippen LogP contribution in [0.2, 0.25) is 0 Å². The van der Waals surface area contributed by atoms with E-state index in [2.05, 4.69) is 14.7 Å². The molecule has 0 saturated carbocycles. The SMILES string of the molecule is Nc1ccc(S(=O)(=O)Nc2nc3ccccc3nc2N)cc1. The van der Waals surface area contributed by atoms with Crippen LogP contribution in [0, 0.1) is 0 Å². The zero-order chi connectivity index (χ0) is 15.7. The van der Waals surface area contributed by atoms with Crippen LogP contribution in [-0.2, 0) is 10.0 Å². The molecule has 8 heteroatoms. The molecule has 7 nitrogen and oxygen atoms in total. The first-order valence-corrected chi connectivity index (χ1v) is 7.85. The maximum atomic E-state index is 12.3. The predicted molar refractivity (Wildman–Crippen MR) is 85.6 cm³/mol. The molecule has 0 aliphatic carbocycles. The van der Waals surface area contributed by atoms with Crippen molar-refractivity contribution in [1.82, 2.24) is 9.97 Å². The van der Waals surface area contributed by atoms with Gasteiger partial charge >= 0.3 is 0 Å². The average molecular weight is 315 g/mol. The number of nitrogen functional groups attached to an aromatic ring is 2. The van der Waals surface area contributed by atoms with Gasteiger partial charge in [0, 0.05) is 5.69 Å². The van der Waals surface area contributed by atoms with Crippen LogP contribution in [0.1, 0.15) is 0 Å². The van der Waals surface area contributed by atoms with Crippen molar-refractivity contribution >= 4 is 38.4 Å². The molecule has 3 aromatic rings. The van der Waals surface area contributed by atoms with Gasteiger partial charge in [-0.25, -0.2) is 18.4 Å². The number of sulfonamides is 1. The van der Waals surface area contributed by atoms with Crippen LogP contribution in [-0.4, -0.2) is 18.4 Å². The second kappa shape index (κ2) is 5.15. The molecule has 0 unspecified atom stereocenters. The van der Waals surface area contributed by atoms with Crippen LogP contribution in [0.15, 0.2) is 53.4 Å². The Labute approximate surface area is 127 Å². The summed E-state index contributed by atoms with van der Waals surface area (Å²) in [5.41, 5.74) is 12.9. The van der Waals surface area contributed by atoms with E-state index in [0.717, 1.165) is 0 Å². The Morgan fingerprint density at radius 1 is 0.864 bits per heavy atom. The molecular weight excluding hydrogens is 302 g/mol. The summed E-state index contributed by atoms with van der Waals surface area (Å²) in [6.45, 7) is 0. The van der Waals surface area contributed by atoms with Gasteiger partial charge in [-0.1, -0.05) is 12.1 Å². The monoisotopic (exact) mass is 315 g/mol. The lowest BCUT2D eigenvalue weighted by molar-refractivity contribution is 0.601. The standard InChI is InChI=1S/C14H13N5O2S/c15-9-5-7-10(8-6-9)22(20,21)19-14-13(16)17-11-3-1-2-4-12(11)18-14/h1-8H,15H2,(H2,16,17)(H,18,19). The van der Waals surface area contributed by atoms with Gasteiger partial charge in [0.05, 0.1) is 15.9 Å². The highest BCUT2D eigenvalue weighted by Crippen LogP contribution is 2.22. The minimum atomic E-state index is -3.81. The van der Waals surface area contributed by atoms with Crippen molar-refractivity contribution in [3.05, 3.63) is 48.5 Å². The number of anilines is 3. The van der Waals surface area contributed by atoms with Gasteiger partial charge in [0.2, 0.25) is 0 Å². The van der Waals surface area contributed by atoms with Crippen molar-refractivity contribution in [2.75, 3.05) is 16.2 Å². The molecule has 3 rings (SSSR count). The van der Waals surface area contributed by atoms with Crippen molar-refractivity contribution in [2.24, 2.45) is 0 Å². The van der Waals surface area contributed by atoms with Gasteiger partial charge in [0.25, 0.3) is 10.0 Å². The van der Waals surface area contributed by atoms with E-state index in [0.29, 0.717) is 16.7 Å². The molecular formula is C14H13N5O2S. The second-order valence-electron chi connectivity index (χ2n) is 4.62. The molecule has 112 valence electrons. The molecule has 0 saturated heterocycles. The Bertz CT molecular complexity index is 939. The molecule has 0 bridgehead atoms. The summed E-state index contributed by atoms with van der Waals surface area (Å²) in [6.07, 6.45) is 0. The molecule has 5 N–H and O–H groups in total. The van der Waals surface area contributed by atoms with E-state index in [1.165, 1.54) is 24.3 Å². The van der Waals surface area contributed by atoms with Gasteiger partial charge in [0.1, 0.15) is 0 Å². The lowest BCUT2D eigenvalue weighted by atomic mass is 10.3. The topological polar surface area (TPSA) is 124 Å². The fourth-order valence-electron chi connectivity index (χ4n) is 1.92. The van der Waals surface area contributed by atoms with E-state index in [4.69, 9.17) is 11.5 Å². The van der Waals surface area contributed by atoms with Crippen molar-refractivity contribution in [2.45, 2.75) is 4.90 Å². The van der Waals surface area contributed by atoms with E-state index in [1.54, 1.807) is 24.3 Å². The number of benzene rings is 2. The normalized spacial score (nSPS) is 11.5. The van der Waals surface area contributed by atoms with E-state index in [1.807, 2.05) is 0 Å². The zero-order valence-electron chi connectivity index (χ0n) is 11.4. The quantitative estimate of drug-likeness (QED) is 0.630. The molecule has 1 aromatic heterocycles. The van der Waals surface area contributed by atoms with Crippen LogP contribution in [0.4, 0.5) is 17.3 Å². The van der Waals surface area contributed by atoms with E-state index >= 15 is 0 Å². The summed E-state index contributed by atoms with van der Waals surface area (Å²) in [6, 6.07) is 12.9. The first kappa shape index (κ1) is 14.1. The van der Waals surface area contributed by atoms with Crippen LogP contribution in [0.25, 0.3) is 11.0 Å². The maximum absolute atomic E-state index is 12.3. The zero-order valence-corrected chi connectivity index (χ0v) is 12.2. The van der Waals surface area contributed by atoms with Gasteiger partial charge in [-0.3, -0.25) is 4.72 Å². The number of nitrogens with zero attached hydrogens (tertiary/aromatic N) is 2. The molecule has 0 spiro atoms. The summed E-state index contributed by atoms with van der Waals surface area (Å²) < 4.78 is 27.0. The molecule has 0 fully saturated rings. The Morgan fingerprint density at radius 3 is 2.09 bits per heavy atom. The highest BCUT2D eigenvalue weighted by Gasteiger charge is 2.17. The molecule has 0 radical (unpaired) electrons. The third-order valence-electron chi connectivity index (χ3n) is 3.02. The number of aromatic nitrogens is 2. The Hall–Kier alpha value is -2.87. The first-order chi connectivity index (χ1) is 10.5. The maximum Gasteiger partial charge on any atom is 0.263 e. The molecule has 0 aliphatic heterocycles. The number of para-hydroxylation sites is 2. The summed E-state index contributed by atoms with van der Waals surface area (Å²) in [7, 11) is -3.81. The minimum absolute atomic E-state index is 0.00414. The highest BCUT2D eigenvalue weighted by atomic mass is 32.2. The van der Waals surface area contributed by atoms with Crippen LogP contribution >= 0.6 is 0 Å². The van der Waals surface area contributed by atoms with Crippen molar-refractivity contribution < 1.29 is 8.42 Å². The van der Waals surface area contributed by atoms with Gasteiger partial charge in [0.15, 0.2) is 11.6 Å². The molecule has 2 aromatic carbocycles. The minimum Gasteiger partial charge on any atom is -0.399 e. The van der Waals surface area contributed by atoms with Gasteiger partial charge < -0.3 is 11.5 Å². The largest absolute Gasteiger partial charge is 0.399 e. The number of nitrogens with two attached hydrogens (primary N) is 2. The van der Waals surface area contributed by atoms with Crippen molar-refractivity contribution in [3.63, 3.8) is 0 Å². The van der Waals surface area contributed by atoms with Gasteiger partial charge in [-0.05, 0) is 36.4 Å². The van der Waals surface area contributed by atoms with Crippen LogP contribution in [0.5, 0.6) is 0 Å². The van der Waals surface area contributed by atoms with Crippen molar-refractivity contribution in [3.8, 4) is 0 Å². The van der Waals surface area contributed by atoms with Crippen LogP contribution < -0.4 is 16.2 Å². The smallest absolute Gasteiger partial charge is 0.263 e. The molecule has 0 aliphatic rings. The summed E-state index contributed by atoms with van der Waals surface area (Å²) in [4.78, 5) is 8.40. The molecule has 0 amide bonds. The Kier molecular flexibility index (Phi) is 3.30. The fourth-order valence-corrected chi connectivity index (χ4v) is 2.94. The number of rotatable bonds is 3. The molecule has 1 heterocycles. The number of fused-ring (bicyclic) bond motifs is 1. The number of hydrogen-bond acceptors (Lipinski definition) is 6. The Morgan fingerprint density at radius 2 is 1.45 bits per heavy atom. The number of nitrogens with one attached hydrogen (secondary N) is 1. The first-order valence-electron chi connectivity index (χ1n) is 6.36. The molecule has 22 heavy (non-hydrogen) atoms. The third-order valence-corrected chi connectivity index (χ3v) is 4.37. The Balaban J connectivity index is 2.01. The summed E-state index contributed by atoms with van der Waals surface area (Å²) >= 11 is 0. The number of hydrogen-bond donors (Lipinski definition) is 3. The third kappa shape index (κ3) is 2.63. The predicted octanol–water partition coefficient (Wildman–Crippen LogP) is 1.59. The van der Waals surface area contributed by atoms with Crippen molar-refractivity contribution in [1.29, 1.82) is 0 Å². The van der Waals surface area contributed by atoms with Gasteiger partial charge in [-0.15, -0.1) is 0 Å². The van der Waals surface area contributed by atoms with Crippen LogP contribution in [0.3, 0.4) is 0 Å². The summed E-state index contributed by atoms with van der Waals surface area (Å²) in [5.74, 6) is 0.00763. The second-order valence-corrected chi connectivity index (χ2v) is 6.30. The van der Waals surface area contributed by atoms with E-state index in [9.17, 15) is 8.42 Å². The van der Waals surface area contributed by atoms with E-state index in [-0.39, 0.29) is 16.5 Å². The molecule has 0 atom stereocenters. The lowest BCUT2D eigenvalue weighted by Crippen LogP contribution is -2.16.